The summed E-state index contributed by atoms with van der Waals surface area (Å²) in [6.45, 7) is 0. The van der Waals surface area contributed by atoms with Gasteiger partial charge >= 0.3 is 0 Å². The highest BCUT2D eigenvalue weighted by molar-refractivity contribution is 15.0. The molecule has 0 nitrogen and oxygen atoms in total. The SMILES string of the molecule is Brc1c2ccccc2c(-c2cc(-c3c4ccccc4c(Br)c4ccccc34)cc(-c3c4ccccc4c(Br)c4ccccc34)c2)c2ccccc12.Brc1c2ccccc2c(-c2cc(-c3c4ccccc4cc4ccccc34)cc(-c3c4ccccc4c(Br)c4ccccc34)c2)c2ccccc12.II. The lowest BCUT2D eigenvalue weighted by Crippen LogP contribution is -1.93. The third kappa shape index (κ3) is 11.2. The van der Waals surface area contributed by atoms with Gasteiger partial charge in [0.25, 0.3) is 0 Å². The minimum atomic E-state index is 1.13. The number of benzene rings is 20. The van der Waals surface area contributed by atoms with Crippen molar-refractivity contribution in [3.8, 4) is 66.8 Å². The number of hydrogen-bond acceptors (Lipinski definition) is 0. The van der Waals surface area contributed by atoms with Crippen molar-refractivity contribution < 1.29 is 0 Å². The first-order valence-corrected chi connectivity index (χ1v) is 44.3. The largest absolute Gasteiger partial charge is 0.0616 e. The summed E-state index contributed by atoms with van der Waals surface area (Å²) in [5.74, 6) is 0. The number of halogens is 7. The van der Waals surface area contributed by atoms with E-state index in [2.05, 4.69) is 451 Å². The molecule has 0 atom stereocenters. The van der Waals surface area contributed by atoms with Crippen LogP contribution in [0, 0.1) is 0 Å². The Morgan fingerprint density at radius 2 is 0.252 bits per heavy atom. The van der Waals surface area contributed by atoms with E-state index in [0.717, 1.165) is 22.4 Å². The van der Waals surface area contributed by atoms with E-state index in [-0.39, 0.29) is 0 Å². The van der Waals surface area contributed by atoms with E-state index in [0.29, 0.717) is 0 Å². The maximum atomic E-state index is 4.00. The highest BCUT2D eigenvalue weighted by Gasteiger charge is 2.24. The molecule has 0 aliphatic heterocycles. The molecular formula is C96H55Br5I2. The van der Waals surface area contributed by atoms with Crippen molar-refractivity contribution >= 4 is 246 Å². The van der Waals surface area contributed by atoms with Crippen molar-refractivity contribution in [1.82, 2.24) is 0 Å². The lowest BCUT2D eigenvalue weighted by Gasteiger charge is -2.20. The van der Waals surface area contributed by atoms with E-state index in [1.807, 2.05) is 0 Å². The molecule has 20 aromatic rings. The van der Waals surface area contributed by atoms with Crippen molar-refractivity contribution in [3.05, 3.63) is 356 Å². The molecule has 0 fully saturated rings. The summed E-state index contributed by atoms with van der Waals surface area (Å²) < 4.78 is 5.65. The van der Waals surface area contributed by atoms with E-state index >= 15 is 0 Å². The second kappa shape index (κ2) is 27.8. The summed E-state index contributed by atoms with van der Waals surface area (Å²) in [4.78, 5) is 0. The predicted molar refractivity (Wildman–Crippen MR) is 482 cm³/mol. The first-order valence-electron chi connectivity index (χ1n) is 34.1. The Hall–Kier alpha value is -8.62. The lowest BCUT2D eigenvalue weighted by atomic mass is 9.84. The maximum Gasteiger partial charge on any atom is 0.0332 e. The topological polar surface area (TPSA) is 0 Å². The van der Waals surface area contributed by atoms with Crippen molar-refractivity contribution in [2.45, 2.75) is 0 Å². The van der Waals surface area contributed by atoms with Gasteiger partial charge in [-0.25, -0.2) is 0 Å². The van der Waals surface area contributed by atoms with Crippen molar-refractivity contribution in [3.63, 3.8) is 0 Å². The van der Waals surface area contributed by atoms with Gasteiger partial charge in [-0.05, 0) is 318 Å². The highest BCUT2D eigenvalue weighted by Crippen LogP contribution is 2.52. The van der Waals surface area contributed by atoms with Gasteiger partial charge in [0.05, 0.1) is 0 Å². The Kier molecular flexibility index (Phi) is 17.9. The molecule has 0 amide bonds. The number of rotatable bonds is 6. The molecule has 7 heteroatoms. The molecule has 0 saturated heterocycles. The number of fused-ring (bicyclic) bond motifs is 12. The molecule has 488 valence electrons. The van der Waals surface area contributed by atoms with Crippen LogP contribution in [0.5, 0.6) is 0 Å². The fourth-order valence-electron chi connectivity index (χ4n) is 16.4. The molecule has 0 aliphatic carbocycles. The van der Waals surface area contributed by atoms with Crippen LogP contribution in [0.2, 0.25) is 0 Å². The Bertz CT molecular complexity index is 6090. The molecule has 0 aliphatic rings. The standard InChI is InChI=1S/C48H27Br3.C48H28Br2.I2/c49-46-37-19-7-1-13-31(37)43(32-14-2-8-20-38(32)46)28-25-29(44-33-15-3-9-21-39(33)47(50)40-22-10-4-16-34(40)44)27-30(26-28)45-35-17-5-11-23-41(35)48(51)42-24-12-6-18-36(42)45;49-47-40-21-9-5-17-36(40)45(37-18-6-10-22-41(37)47)32-26-31(44-34-15-3-1-13-29(34)25-30-14-2-4-16-35(30)44)27-33(28-32)46-38-19-7-11-23-42(38)48(50)43-24-12-8-20-39(43)46;1-2/h1-27H;1-28H;. The van der Waals surface area contributed by atoms with Crippen LogP contribution in [0.25, 0.3) is 196 Å². The molecule has 0 bridgehead atoms. The van der Waals surface area contributed by atoms with Gasteiger partial charge in [0.15, 0.2) is 0 Å². The van der Waals surface area contributed by atoms with Crippen LogP contribution in [0.4, 0.5) is 0 Å². The van der Waals surface area contributed by atoms with Gasteiger partial charge < -0.3 is 0 Å². The van der Waals surface area contributed by atoms with Crippen molar-refractivity contribution in [2.24, 2.45) is 0 Å². The van der Waals surface area contributed by atoms with E-state index in [1.54, 1.807) is 0 Å². The van der Waals surface area contributed by atoms with E-state index < -0.39 is 0 Å². The first kappa shape index (κ1) is 66.3. The smallest absolute Gasteiger partial charge is 0.0332 e. The van der Waals surface area contributed by atoms with Crippen LogP contribution in [-0.4, -0.2) is 0 Å². The Morgan fingerprint density at radius 3 is 0.408 bits per heavy atom. The third-order valence-corrected chi connectivity index (χ3v) is 25.0. The van der Waals surface area contributed by atoms with Gasteiger partial charge in [-0.3, -0.25) is 0 Å². The fraction of sp³-hybridized carbons (Fsp3) is 0. The van der Waals surface area contributed by atoms with Gasteiger partial charge in [-0.1, -0.05) is 291 Å². The molecule has 20 rings (SSSR count). The summed E-state index contributed by atoms with van der Waals surface area (Å²) in [6, 6.07) is 122. The zero-order chi connectivity index (χ0) is 69.6. The van der Waals surface area contributed by atoms with E-state index in [4.69, 9.17) is 0 Å². The molecule has 0 radical (unpaired) electrons. The Morgan fingerprint density at radius 1 is 0.136 bits per heavy atom. The zero-order valence-corrected chi connectivity index (χ0v) is 67.1. The molecular weight excluding hydrogens is 1810 g/mol. The highest BCUT2D eigenvalue weighted by atomic mass is 128. The Balaban J connectivity index is 0.000000144. The van der Waals surface area contributed by atoms with Gasteiger partial charge in [0, 0.05) is 59.6 Å². The normalized spacial score (nSPS) is 11.6. The zero-order valence-electron chi connectivity index (χ0n) is 54.9. The summed E-state index contributed by atoms with van der Waals surface area (Å²) in [7, 11) is 0. The molecule has 0 unspecified atom stereocenters. The first-order chi connectivity index (χ1) is 50.7. The van der Waals surface area contributed by atoms with E-state index in [9.17, 15) is 0 Å². The van der Waals surface area contributed by atoms with Gasteiger partial charge in [0.1, 0.15) is 0 Å². The van der Waals surface area contributed by atoms with Crippen LogP contribution in [0.15, 0.2) is 356 Å². The van der Waals surface area contributed by atoms with Crippen LogP contribution >= 0.6 is 117 Å². The average Bonchev–Trinajstić information content (AvgIpc) is 0.746. The predicted octanol–water partition coefficient (Wildman–Crippen LogP) is 32.8. The second-order valence-electron chi connectivity index (χ2n) is 26.2. The quantitative estimate of drug-likeness (QED) is 0.115. The lowest BCUT2D eigenvalue weighted by molar-refractivity contribution is 1.63. The number of hydrogen-bond donors (Lipinski definition) is 0. The molecule has 0 spiro atoms. The second-order valence-corrected chi connectivity index (χ2v) is 30.2. The molecule has 0 aromatic heterocycles. The third-order valence-electron chi connectivity index (χ3n) is 20.7. The summed E-state index contributed by atoms with van der Waals surface area (Å²) in [5, 5.41) is 29.3. The molecule has 0 heterocycles. The minimum absolute atomic E-state index is 1.13. The van der Waals surface area contributed by atoms with Gasteiger partial charge in [0.2, 0.25) is 0 Å². The van der Waals surface area contributed by atoms with Gasteiger partial charge in [-0.2, -0.15) is 0 Å². The summed E-state index contributed by atoms with van der Waals surface area (Å²) >= 11 is 24.3. The molecule has 0 N–H and O–H groups in total. The van der Waals surface area contributed by atoms with Gasteiger partial charge in [-0.15, -0.1) is 0 Å². The van der Waals surface area contributed by atoms with Crippen LogP contribution in [0.1, 0.15) is 0 Å². The summed E-state index contributed by atoms with van der Waals surface area (Å²) in [6.07, 6.45) is 0. The van der Waals surface area contributed by atoms with Crippen LogP contribution < -0.4 is 0 Å². The fourth-order valence-corrected chi connectivity index (χ4v) is 19.8. The van der Waals surface area contributed by atoms with Crippen LogP contribution in [-0.2, 0) is 0 Å². The van der Waals surface area contributed by atoms with Crippen molar-refractivity contribution in [1.29, 1.82) is 0 Å². The monoisotopic (exact) mass is 1860 g/mol. The van der Waals surface area contributed by atoms with Crippen molar-refractivity contribution in [2.75, 3.05) is 0 Å². The minimum Gasteiger partial charge on any atom is -0.0616 e. The molecule has 103 heavy (non-hydrogen) atoms. The molecule has 0 saturated carbocycles. The van der Waals surface area contributed by atoms with E-state index in [1.165, 1.54) is 196 Å². The summed E-state index contributed by atoms with van der Waals surface area (Å²) in [5.41, 5.74) is 14.7. The molecule has 20 aromatic carbocycles. The maximum absolute atomic E-state index is 4.00. The van der Waals surface area contributed by atoms with Crippen LogP contribution in [0.3, 0.4) is 0 Å². The average molecular weight is 1860 g/mol. The Labute approximate surface area is 661 Å².